The minimum atomic E-state index is -0.981. The molecule has 0 spiro atoms. The number of hydrogen-bond acceptors (Lipinski definition) is 4. The largest absolute Gasteiger partial charge is 0.462 e. The summed E-state index contributed by atoms with van der Waals surface area (Å²) in [7, 11) is 0. The van der Waals surface area contributed by atoms with Crippen LogP contribution in [-0.4, -0.2) is 30.3 Å². The Labute approximate surface area is 112 Å². The molecule has 1 aliphatic heterocycles. The first-order chi connectivity index (χ1) is 8.78. The monoisotopic (exact) mass is 269 g/mol. The molecule has 1 heterocycles. The van der Waals surface area contributed by atoms with Crippen molar-refractivity contribution in [2.24, 2.45) is 0 Å². The van der Waals surface area contributed by atoms with Crippen molar-refractivity contribution >= 4 is 6.47 Å². The molecule has 0 aromatic heterocycles. The Hall–Kier alpha value is -1.46. The Balaban J connectivity index is 0.000000224. The van der Waals surface area contributed by atoms with Gasteiger partial charge in [-0.15, -0.1) is 0 Å². The van der Waals surface area contributed by atoms with E-state index in [9.17, 15) is 14.3 Å². The number of halogens is 1. The highest BCUT2D eigenvalue weighted by Crippen LogP contribution is 2.26. The lowest BCUT2D eigenvalue weighted by atomic mass is 9.88. The summed E-state index contributed by atoms with van der Waals surface area (Å²) in [6, 6.07) is 6.34. The van der Waals surface area contributed by atoms with Crippen LogP contribution in [-0.2, 0) is 15.1 Å². The average molecular weight is 269 g/mol. The van der Waals surface area contributed by atoms with Crippen molar-refractivity contribution < 1.29 is 19.0 Å². The molecule has 2 N–H and O–H groups in total. The molecule has 1 saturated heterocycles. The van der Waals surface area contributed by atoms with Crippen molar-refractivity contribution in [1.82, 2.24) is 5.32 Å². The lowest BCUT2D eigenvalue weighted by Crippen LogP contribution is -2.57. The van der Waals surface area contributed by atoms with Crippen molar-refractivity contribution in [3.63, 3.8) is 0 Å². The molecular weight excluding hydrogens is 249 g/mol. The summed E-state index contributed by atoms with van der Waals surface area (Å²) in [4.78, 5) is 9.60. The molecule has 1 aromatic rings. The quantitative estimate of drug-likeness (QED) is 0.800. The van der Waals surface area contributed by atoms with Crippen LogP contribution in [0.2, 0.25) is 0 Å². The predicted molar refractivity (Wildman–Crippen MR) is 70.1 cm³/mol. The van der Waals surface area contributed by atoms with Crippen molar-refractivity contribution in [2.45, 2.75) is 32.0 Å². The van der Waals surface area contributed by atoms with E-state index in [-0.39, 0.29) is 11.4 Å². The molecule has 1 fully saturated rings. The minimum absolute atomic E-state index is 0.318. The maximum atomic E-state index is 13.1. The molecule has 1 aliphatic rings. The van der Waals surface area contributed by atoms with Crippen LogP contribution in [0.3, 0.4) is 0 Å². The van der Waals surface area contributed by atoms with Crippen LogP contribution >= 0.6 is 0 Å². The second-order valence-electron chi connectivity index (χ2n) is 5.44. The highest BCUT2D eigenvalue weighted by atomic mass is 19.1. The predicted octanol–water partition coefficient (Wildman–Crippen LogP) is 1.57. The Morgan fingerprint density at radius 2 is 1.95 bits per heavy atom. The summed E-state index contributed by atoms with van der Waals surface area (Å²) in [6.45, 7) is 6.80. The minimum Gasteiger partial charge on any atom is -0.462 e. The maximum Gasteiger partial charge on any atom is 0.293 e. The Morgan fingerprint density at radius 1 is 1.37 bits per heavy atom. The zero-order chi connectivity index (χ0) is 14.5. The lowest BCUT2D eigenvalue weighted by Gasteiger charge is -2.38. The zero-order valence-electron chi connectivity index (χ0n) is 11.4. The normalized spacial score (nSPS) is 16.7. The van der Waals surface area contributed by atoms with Crippen LogP contribution in [0.15, 0.2) is 24.3 Å². The third kappa shape index (κ3) is 4.61. The molecule has 0 saturated carbocycles. The van der Waals surface area contributed by atoms with E-state index >= 15 is 0 Å². The van der Waals surface area contributed by atoms with Gasteiger partial charge in [-0.2, -0.15) is 0 Å². The summed E-state index contributed by atoms with van der Waals surface area (Å²) in [5.74, 6) is -0.332. The molecule has 5 heteroatoms. The van der Waals surface area contributed by atoms with Gasteiger partial charge in [-0.25, -0.2) is 4.39 Å². The summed E-state index contributed by atoms with van der Waals surface area (Å²) >= 11 is 0. The van der Waals surface area contributed by atoms with Gasteiger partial charge in [-0.3, -0.25) is 4.79 Å². The molecule has 1 aromatic carbocycles. The van der Waals surface area contributed by atoms with Crippen molar-refractivity contribution in [2.75, 3.05) is 13.1 Å². The van der Waals surface area contributed by atoms with E-state index in [1.165, 1.54) is 6.07 Å². The number of carbonyl (C=O) groups excluding carboxylic acids is 1. The lowest BCUT2D eigenvalue weighted by molar-refractivity contribution is -0.138. The average Bonchev–Trinajstić information content (AvgIpc) is 2.26. The molecule has 0 atom stereocenters. The SMILES string of the molecule is CC(C)(C)OC=O.OC1(c2ccccc2F)CNC1. The summed E-state index contributed by atoms with van der Waals surface area (Å²) in [5, 5.41) is 12.7. The van der Waals surface area contributed by atoms with Gasteiger partial charge in [0.2, 0.25) is 0 Å². The van der Waals surface area contributed by atoms with Gasteiger partial charge in [0, 0.05) is 18.7 Å². The second kappa shape index (κ2) is 6.12. The number of aliphatic hydroxyl groups is 1. The molecule has 19 heavy (non-hydrogen) atoms. The molecule has 4 nitrogen and oxygen atoms in total. The molecule has 0 bridgehead atoms. The first-order valence-corrected chi connectivity index (χ1v) is 6.08. The summed E-state index contributed by atoms with van der Waals surface area (Å²) in [5.41, 5.74) is -0.906. The van der Waals surface area contributed by atoms with Gasteiger partial charge in [0.25, 0.3) is 6.47 Å². The fourth-order valence-corrected chi connectivity index (χ4v) is 1.54. The third-order valence-corrected chi connectivity index (χ3v) is 2.61. The number of benzene rings is 1. The third-order valence-electron chi connectivity index (χ3n) is 2.61. The number of β-amino-alcohol motifs (C(OH)–C–C–N with tert-alkyl or cyclic N) is 1. The number of rotatable bonds is 2. The van der Waals surface area contributed by atoms with Crippen LogP contribution in [0.4, 0.5) is 4.39 Å². The molecule has 0 unspecified atom stereocenters. The van der Waals surface area contributed by atoms with E-state index in [0.29, 0.717) is 25.1 Å². The van der Waals surface area contributed by atoms with Crippen LogP contribution in [0, 0.1) is 5.82 Å². The number of hydrogen-bond donors (Lipinski definition) is 2. The van der Waals surface area contributed by atoms with Gasteiger partial charge in [-0.05, 0) is 26.8 Å². The van der Waals surface area contributed by atoms with Gasteiger partial charge >= 0.3 is 0 Å². The molecule has 2 rings (SSSR count). The first-order valence-electron chi connectivity index (χ1n) is 6.08. The van der Waals surface area contributed by atoms with Crippen molar-refractivity contribution in [3.8, 4) is 0 Å². The Morgan fingerprint density at radius 3 is 2.26 bits per heavy atom. The van der Waals surface area contributed by atoms with Crippen LogP contribution < -0.4 is 5.32 Å². The van der Waals surface area contributed by atoms with E-state index in [2.05, 4.69) is 10.1 Å². The zero-order valence-corrected chi connectivity index (χ0v) is 11.4. The number of nitrogens with one attached hydrogen (secondary N) is 1. The molecular formula is C14H20FNO3. The molecule has 106 valence electrons. The Kier molecular flexibility index (Phi) is 5.03. The van der Waals surface area contributed by atoms with Crippen molar-refractivity contribution in [1.29, 1.82) is 0 Å². The van der Waals surface area contributed by atoms with Gasteiger partial charge < -0.3 is 15.2 Å². The summed E-state index contributed by atoms with van der Waals surface area (Å²) < 4.78 is 17.7. The van der Waals surface area contributed by atoms with E-state index in [4.69, 9.17) is 0 Å². The summed E-state index contributed by atoms with van der Waals surface area (Å²) in [6.07, 6.45) is 0. The number of ether oxygens (including phenoxy) is 1. The van der Waals surface area contributed by atoms with E-state index < -0.39 is 5.60 Å². The fourth-order valence-electron chi connectivity index (χ4n) is 1.54. The first kappa shape index (κ1) is 15.6. The topological polar surface area (TPSA) is 58.6 Å². The van der Waals surface area contributed by atoms with Crippen LogP contribution in [0.5, 0.6) is 0 Å². The van der Waals surface area contributed by atoms with E-state index in [1.54, 1.807) is 18.2 Å². The van der Waals surface area contributed by atoms with E-state index in [0.717, 1.165) is 0 Å². The smallest absolute Gasteiger partial charge is 0.293 e. The van der Waals surface area contributed by atoms with Crippen molar-refractivity contribution in [3.05, 3.63) is 35.6 Å². The van der Waals surface area contributed by atoms with Crippen LogP contribution in [0.1, 0.15) is 26.3 Å². The highest BCUT2D eigenvalue weighted by Gasteiger charge is 2.37. The van der Waals surface area contributed by atoms with E-state index in [1.807, 2.05) is 20.8 Å². The van der Waals surface area contributed by atoms with Gasteiger partial charge in [0.15, 0.2) is 0 Å². The standard InChI is InChI=1S/C9H10FNO.C5H10O2/c10-8-4-2-1-3-7(8)9(12)5-11-6-9;1-5(2,3)7-4-6/h1-4,11-12H,5-6H2;4H,1-3H3. The van der Waals surface area contributed by atoms with Gasteiger partial charge in [0.05, 0.1) is 0 Å². The number of carbonyl (C=O) groups is 1. The molecule has 0 aliphatic carbocycles. The van der Waals surface area contributed by atoms with Crippen LogP contribution in [0.25, 0.3) is 0 Å². The fraction of sp³-hybridized carbons (Fsp3) is 0.500. The Bertz CT molecular complexity index is 425. The highest BCUT2D eigenvalue weighted by molar-refractivity contribution is 5.37. The van der Waals surface area contributed by atoms with Gasteiger partial charge in [-0.1, -0.05) is 18.2 Å². The maximum absolute atomic E-state index is 13.1. The van der Waals surface area contributed by atoms with Gasteiger partial charge in [0.1, 0.15) is 17.0 Å². The molecule has 0 radical (unpaired) electrons. The second-order valence-corrected chi connectivity index (χ2v) is 5.44. The molecule has 0 amide bonds.